The van der Waals surface area contributed by atoms with Crippen LogP contribution < -0.4 is 0 Å². The first-order chi connectivity index (χ1) is 29.3. The van der Waals surface area contributed by atoms with E-state index in [0.717, 1.165) is 12.3 Å². The third-order valence-corrected chi connectivity index (χ3v) is 12.5. The SMILES string of the molecule is C1=CC2N=C(c3ccc(-c4c5ccccc5c(-c5c6ccccc6c(-c6ccc7ccccc7c6)c6ccccc56)c5ccccc45)cc3)CN2C=C1c1ccccc1. The van der Waals surface area contributed by atoms with E-state index in [0.29, 0.717) is 0 Å². The van der Waals surface area contributed by atoms with Crippen molar-refractivity contribution in [2.45, 2.75) is 6.17 Å². The second-order valence-electron chi connectivity index (χ2n) is 15.8. The standard InChI is InChI=1S/C57H38N2/c1-2-14-37(15-3-1)43-32-33-53-58-52(36-59(53)35-43)39-27-29-40(30-28-39)54-44-18-6-10-22-48(44)56(49-23-11-7-19-45(49)54)57-50-24-12-8-20-46(50)55(47-21-9-13-25-51(47)57)42-31-26-38-16-4-5-17-41(38)34-42/h1-35,53H,36H2. The number of nitrogens with zero attached hydrogens (tertiary/aromatic N) is 2. The van der Waals surface area contributed by atoms with Crippen LogP contribution in [0.25, 0.3) is 92.8 Å². The number of hydrogen-bond acceptors (Lipinski definition) is 2. The van der Waals surface area contributed by atoms with Gasteiger partial charge in [-0.15, -0.1) is 0 Å². The van der Waals surface area contributed by atoms with Crippen LogP contribution in [0.5, 0.6) is 0 Å². The Kier molecular flexibility index (Phi) is 7.71. The zero-order valence-corrected chi connectivity index (χ0v) is 32.4. The molecular weight excluding hydrogens is 713 g/mol. The lowest BCUT2D eigenvalue weighted by Gasteiger charge is -2.23. The van der Waals surface area contributed by atoms with Crippen molar-refractivity contribution < 1.29 is 0 Å². The minimum absolute atomic E-state index is 0.0337. The van der Waals surface area contributed by atoms with Crippen molar-refractivity contribution in [3.8, 4) is 33.4 Å². The molecule has 10 aromatic carbocycles. The summed E-state index contributed by atoms with van der Waals surface area (Å²) in [4.78, 5) is 7.50. The first-order valence-corrected chi connectivity index (χ1v) is 20.5. The monoisotopic (exact) mass is 750 g/mol. The van der Waals surface area contributed by atoms with Gasteiger partial charge in [0.2, 0.25) is 0 Å². The molecule has 0 amide bonds. The molecule has 10 aromatic rings. The van der Waals surface area contributed by atoms with Crippen LogP contribution in [-0.2, 0) is 0 Å². The Morgan fingerprint density at radius 2 is 0.814 bits per heavy atom. The van der Waals surface area contributed by atoms with Crippen LogP contribution in [0.1, 0.15) is 11.1 Å². The summed E-state index contributed by atoms with van der Waals surface area (Å²) in [5.41, 5.74) is 12.3. The van der Waals surface area contributed by atoms with Crippen molar-refractivity contribution in [2.75, 3.05) is 6.54 Å². The normalized spacial score (nSPS) is 15.0. The van der Waals surface area contributed by atoms with Crippen molar-refractivity contribution in [1.82, 2.24) is 4.90 Å². The molecule has 0 radical (unpaired) electrons. The Morgan fingerprint density at radius 3 is 1.37 bits per heavy atom. The van der Waals surface area contributed by atoms with Crippen LogP contribution in [-0.4, -0.2) is 23.3 Å². The molecule has 2 nitrogen and oxygen atoms in total. The van der Waals surface area contributed by atoms with Crippen molar-refractivity contribution in [2.24, 2.45) is 4.99 Å². The minimum atomic E-state index is 0.0337. The molecule has 0 saturated carbocycles. The third-order valence-electron chi connectivity index (χ3n) is 12.5. The molecule has 2 aliphatic rings. The van der Waals surface area contributed by atoms with Crippen LogP contribution in [0.4, 0.5) is 0 Å². The molecule has 0 aliphatic carbocycles. The van der Waals surface area contributed by atoms with E-state index in [-0.39, 0.29) is 6.17 Å². The molecule has 0 fully saturated rings. The summed E-state index contributed by atoms with van der Waals surface area (Å²) in [6.45, 7) is 0.785. The second-order valence-corrected chi connectivity index (χ2v) is 15.8. The molecule has 12 rings (SSSR count). The van der Waals surface area contributed by atoms with Gasteiger partial charge in [-0.2, -0.15) is 0 Å². The number of hydrogen-bond donors (Lipinski definition) is 0. The fraction of sp³-hybridized carbons (Fsp3) is 0.0351. The highest BCUT2D eigenvalue weighted by Gasteiger charge is 2.27. The summed E-state index contributed by atoms with van der Waals surface area (Å²) in [6.07, 6.45) is 6.71. The lowest BCUT2D eigenvalue weighted by Crippen LogP contribution is -2.26. The molecule has 1 atom stereocenters. The van der Waals surface area contributed by atoms with Gasteiger partial charge in [-0.05, 0) is 116 Å². The van der Waals surface area contributed by atoms with Crippen LogP contribution >= 0.6 is 0 Å². The van der Waals surface area contributed by atoms with E-state index < -0.39 is 0 Å². The van der Waals surface area contributed by atoms with Crippen molar-refractivity contribution in [3.63, 3.8) is 0 Å². The van der Waals surface area contributed by atoms with Gasteiger partial charge in [0.1, 0.15) is 6.17 Å². The van der Waals surface area contributed by atoms with Crippen molar-refractivity contribution >= 4 is 65.1 Å². The molecule has 0 bridgehead atoms. The van der Waals surface area contributed by atoms with E-state index in [9.17, 15) is 0 Å². The Balaban J connectivity index is 1.02. The summed E-state index contributed by atoms with van der Waals surface area (Å²) in [6, 6.07) is 71.3. The summed E-state index contributed by atoms with van der Waals surface area (Å²) < 4.78 is 0. The first kappa shape index (κ1) is 33.6. The van der Waals surface area contributed by atoms with E-state index in [2.05, 4.69) is 217 Å². The highest BCUT2D eigenvalue weighted by molar-refractivity contribution is 6.30. The van der Waals surface area contributed by atoms with Gasteiger partial charge < -0.3 is 4.90 Å². The quantitative estimate of drug-likeness (QED) is 0.160. The average Bonchev–Trinajstić information content (AvgIpc) is 3.74. The highest BCUT2D eigenvalue weighted by atomic mass is 15.3. The molecule has 2 aliphatic heterocycles. The van der Waals surface area contributed by atoms with Gasteiger partial charge in [-0.1, -0.05) is 194 Å². The maximum absolute atomic E-state index is 5.16. The van der Waals surface area contributed by atoms with Gasteiger partial charge in [-0.25, -0.2) is 0 Å². The lowest BCUT2D eigenvalue weighted by atomic mass is 9.81. The van der Waals surface area contributed by atoms with Gasteiger partial charge in [-0.3, -0.25) is 4.99 Å². The zero-order valence-electron chi connectivity index (χ0n) is 32.4. The number of rotatable bonds is 5. The van der Waals surface area contributed by atoms with E-state index in [1.165, 1.54) is 104 Å². The molecule has 0 saturated heterocycles. The summed E-state index contributed by atoms with van der Waals surface area (Å²) >= 11 is 0. The Bertz CT molecular complexity index is 3290. The molecule has 0 spiro atoms. The average molecular weight is 751 g/mol. The summed E-state index contributed by atoms with van der Waals surface area (Å²) in [5, 5.41) is 12.6. The number of aliphatic imine (C=N–C) groups is 1. The van der Waals surface area contributed by atoms with Crippen molar-refractivity contribution in [3.05, 3.63) is 224 Å². The predicted molar refractivity (Wildman–Crippen MR) is 251 cm³/mol. The van der Waals surface area contributed by atoms with Crippen molar-refractivity contribution in [1.29, 1.82) is 0 Å². The Morgan fingerprint density at radius 1 is 0.373 bits per heavy atom. The van der Waals surface area contributed by atoms with Gasteiger partial charge in [0.05, 0.1) is 12.3 Å². The molecule has 1 unspecified atom stereocenters. The minimum Gasteiger partial charge on any atom is -0.346 e. The molecule has 0 aromatic heterocycles. The maximum atomic E-state index is 5.16. The topological polar surface area (TPSA) is 15.6 Å². The highest BCUT2D eigenvalue weighted by Crippen LogP contribution is 2.50. The molecule has 2 heteroatoms. The van der Waals surface area contributed by atoms with Crippen LogP contribution in [0.15, 0.2) is 217 Å². The van der Waals surface area contributed by atoms with Gasteiger partial charge in [0.25, 0.3) is 0 Å². The van der Waals surface area contributed by atoms with E-state index in [4.69, 9.17) is 4.99 Å². The first-order valence-electron chi connectivity index (χ1n) is 20.5. The van der Waals surface area contributed by atoms with Crippen LogP contribution in [0.3, 0.4) is 0 Å². The zero-order chi connectivity index (χ0) is 38.9. The molecule has 276 valence electrons. The molecular formula is C57H38N2. The third kappa shape index (κ3) is 5.45. The largest absolute Gasteiger partial charge is 0.346 e. The number of fused-ring (bicyclic) bond motifs is 6. The molecule has 0 N–H and O–H groups in total. The summed E-state index contributed by atoms with van der Waals surface area (Å²) in [5.74, 6) is 0. The number of benzene rings is 10. The summed E-state index contributed by atoms with van der Waals surface area (Å²) in [7, 11) is 0. The predicted octanol–water partition coefficient (Wildman–Crippen LogP) is 14.5. The molecule has 2 heterocycles. The molecule has 59 heavy (non-hydrogen) atoms. The smallest absolute Gasteiger partial charge is 0.140 e. The van der Waals surface area contributed by atoms with Crippen LogP contribution in [0, 0.1) is 0 Å². The fourth-order valence-corrected chi connectivity index (χ4v) is 9.79. The Hall–Kier alpha value is -7.55. The maximum Gasteiger partial charge on any atom is 0.140 e. The van der Waals surface area contributed by atoms with Crippen LogP contribution in [0.2, 0.25) is 0 Å². The van der Waals surface area contributed by atoms with Gasteiger partial charge in [0, 0.05) is 6.20 Å². The van der Waals surface area contributed by atoms with Gasteiger partial charge >= 0.3 is 0 Å². The van der Waals surface area contributed by atoms with E-state index in [1.54, 1.807) is 0 Å². The van der Waals surface area contributed by atoms with E-state index in [1.807, 2.05) is 0 Å². The number of allylic oxidation sites excluding steroid dienone is 2. The van der Waals surface area contributed by atoms with Gasteiger partial charge in [0.15, 0.2) is 0 Å². The lowest BCUT2D eigenvalue weighted by molar-refractivity contribution is 0.396. The Labute approximate surface area is 343 Å². The van der Waals surface area contributed by atoms with E-state index >= 15 is 0 Å². The fourth-order valence-electron chi connectivity index (χ4n) is 9.79. The second kappa shape index (κ2) is 13.5.